The lowest BCUT2D eigenvalue weighted by atomic mass is 9.90. The monoisotopic (exact) mass is 493 g/mol. The lowest BCUT2D eigenvalue weighted by Crippen LogP contribution is -2.34. The molecule has 0 spiro atoms. The van der Waals surface area contributed by atoms with Crippen LogP contribution in [0.2, 0.25) is 0 Å². The molecule has 10 heteroatoms. The molecule has 1 aromatic carbocycles. The zero-order valence-corrected chi connectivity index (χ0v) is 20.5. The number of nitrogens with zero attached hydrogens (tertiary/aromatic N) is 2. The van der Waals surface area contributed by atoms with Gasteiger partial charge in [-0.2, -0.15) is 5.26 Å². The van der Waals surface area contributed by atoms with Crippen molar-refractivity contribution in [2.45, 2.75) is 50.2 Å². The quantitative estimate of drug-likeness (QED) is 0.359. The fourth-order valence-corrected chi connectivity index (χ4v) is 4.84. The highest BCUT2D eigenvalue weighted by molar-refractivity contribution is 7.91. The molecule has 3 aromatic rings. The molecule has 0 saturated heterocycles. The molecule has 2 amide bonds. The van der Waals surface area contributed by atoms with E-state index in [9.17, 15) is 19.4 Å². The Morgan fingerprint density at radius 1 is 1.34 bits per heavy atom. The number of urea groups is 1. The van der Waals surface area contributed by atoms with Crippen molar-refractivity contribution in [3.63, 3.8) is 0 Å². The van der Waals surface area contributed by atoms with E-state index >= 15 is 0 Å². The number of rotatable bonds is 7. The number of aromatic nitrogens is 1. The SMILES string of the molecule is CC(c1cccc(-c2ccnc(C#N)c2)c1NC(=O)NS(=N)(=O)c1cc(C(C)(C)O)co1)C1CC1. The third-order valence-electron chi connectivity index (χ3n) is 6.14. The third-order valence-corrected chi connectivity index (χ3v) is 7.40. The molecule has 4 rings (SSSR count). The highest BCUT2D eigenvalue weighted by Crippen LogP contribution is 2.46. The Hall–Kier alpha value is -3.68. The summed E-state index contributed by atoms with van der Waals surface area (Å²) in [4.78, 5) is 17.0. The van der Waals surface area contributed by atoms with E-state index < -0.39 is 21.5 Å². The minimum atomic E-state index is -3.84. The summed E-state index contributed by atoms with van der Waals surface area (Å²) in [6, 6.07) is 11.5. The van der Waals surface area contributed by atoms with Gasteiger partial charge in [-0.1, -0.05) is 25.1 Å². The lowest BCUT2D eigenvalue weighted by molar-refractivity contribution is 0.0779. The summed E-state index contributed by atoms with van der Waals surface area (Å²) in [6.07, 6.45) is 4.95. The molecule has 2 atom stereocenters. The van der Waals surface area contributed by atoms with Crippen molar-refractivity contribution < 1.29 is 18.5 Å². The van der Waals surface area contributed by atoms with Gasteiger partial charge in [0.2, 0.25) is 5.09 Å². The Morgan fingerprint density at radius 2 is 2.09 bits per heavy atom. The number of carbonyl (C=O) groups is 1. The maximum absolute atomic E-state index is 13.0. The van der Waals surface area contributed by atoms with E-state index in [-0.39, 0.29) is 16.7 Å². The van der Waals surface area contributed by atoms with Gasteiger partial charge in [0.05, 0.1) is 17.6 Å². The Bertz CT molecular complexity index is 1410. The van der Waals surface area contributed by atoms with Crippen molar-refractivity contribution in [2.75, 3.05) is 5.32 Å². The molecule has 1 aliphatic rings. The minimum absolute atomic E-state index is 0.169. The van der Waals surface area contributed by atoms with E-state index in [2.05, 4.69) is 21.9 Å². The molecule has 2 unspecified atom stereocenters. The summed E-state index contributed by atoms with van der Waals surface area (Å²) in [5, 5.41) is 21.9. The average molecular weight is 494 g/mol. The van der Waals surface area contributed by atoms with E-state index in [1.165, 1.54) is 32.4 Å². The van der Waals surface area contributed by atoms with E-state index in [4.69, 9.17) is 9.20 Å². The van der Waals surface area contributed by atoms with Gasteiger partial charge in [0.1, 0.15) is 11.8 Å². The van der Waals surface area contributed by atoms with Gasteiger partial charge in [-0.05, 0) is 61.8 Å². The van der Waals surface area contributed by atoms with Crippen LogP contribution in [0.1, 0.15) is 56.4 Å². The first-order valence-corrected chi connectivity index (χ1v) is 12.7. The number of para-hydroxylation sites is 1. The van der Waals surface area contributed by atoms with Gasteiger partial charge in [0, 0.05) is 23.4 Å². The molecular weight excluding hydrogens is 466 g/mol. The smallest absolute Gasteiger partial charge is 0.332 e. The number of nitriles is 1. The normalized spacial score (nSPS) is 16.1. The van der Waals surface area contributed by atoms with Crippen LogP contribution in [-0.4, -0.2) is 20.3 Å². The molecule has 1 saturated carbocycles. The summed E-state index contributed by atoms with van der Waals surface area (Å²) < 4.78 is 28.6. The Labute approximate surface area is 204 Å². The standard InChI is InChI=1S/C25H27N5O4S/c1-15(16-7-8-16)20-5-4-6-21(17-9-10-28-19(11-17)13-26)23(20)29-24(31)30-35(27,33)22-12-18(14-34-22)25(2,3)32/h4-6,9-12,14-16,32H,7-8H2,1-3H3,(H3,27,29,30,31,33). The van der Waals surface area contributed by atoms with Crippen LogP contribution in [0.15, 0.2) is 58.4 Å². The predicted molar refractivity (Wildman–Crippen MR) is 131 cm³/mol. The number of carbonyl (C=O) groups excluding carboxylic acids is 1. The van der Waals surface area contributed by atoms with Crippen LogP contribution >= 0.6 is 0 Å². The molecule has 2 aromatic heterocycles. The Balaban J connectivity index is 1.67. The largest absolute Gasteiger partial charge is 0.452 e. The van der Waals surface area contributed by atoms with Gasteiger partial charge in [-0.15, -0.1) is 0 Å². The molecule has 0 aliphatic heterocycles. The van der Waals surface area contributed by atoms with Crippen LogP contribution in [-0.2, 0) is 15.5 Å². The molecular formula is C25H27N5O4S. The van der Waals surface area contributed by atoms with E-state index in [1.807, 2.05) is 24.3 Å². The predicted octanol–water partition coefficient (Wildman–Crippen LogP) is 5.10. The molecule has 182 valence electrons. The fourth-order valence-electron chi connectivity index (χ4n) is 3.95. The van der Waals surface area contributed by atoms with Crippen LogP contribution in [0, 0.1) is 22.0 Å². The Kier molecular flexibility index (Phi) is 6.40. The highest BCUT2D eigenvalue weighted by atomic mass is 32.2. The zero-order valence-electron chi connectivity index (χ0n) is 19.7. The summed E-state index contributed by atoms with van der Waals surface area (Å²) in [5.41, 5.74) is 2.14. The second-order valence-electron chi connectivity index (χ2n) is 9.26. The highest BCUT2D eigenvalue weighted by Gasteiger charge is 2.32. The topological polar surface area (TPSA) is 152 Å². The van der Waals surface area contributed by atoms with Crippen molar-refractivity contribution in [1.29, 1.82) is 10.0 Å². The molecule has 0 bridgehead atoms. The van der Waals surface area contributed by atoms with Gasteiger partial charge >= 0.3 is 6.03 Å². The number of hydrogen-bond donors (Lipinski definition) is 4. The van der Waals surface area contributed by atoms with E-state index in [0.717, 1.165) is 18.4 Å². The number of nitrogens with one attached hydrogen (secondary N) is 3. The van der Waals surface area contributed by atoms with Crippen LogP contribution in [0.4, 0.5) is 10.5 Å². The van der Waals surface area contributed by atoms with Gasteiger partial charge in [-0.25, -0.2) is 23.5 Å². The van der Waals surface area contributed by atoms with Gasteiger partial charge < -0.3 is 14.8 Å². The second-order valence-corrected chi connectivity index (χ2v) is 11.0. The zero-order chi connectivity index (χ0) is 25.4. The second kappa shape index (κ2) is 9.17. The van der Waals surface area contributed by atoms with Crippen LogP contribution in [0.3, 0.4) is 0 Å². The molecule has 2 heterocycles. The number of anilines is 1. The first kappa shape index (κ1) is 24.4. The summed E-state index contributed by atoms with van der Waals surface area (Å²) in [7, 11) is -3.84. The minimum Gasteiger partial charge on any atom is -0.452 e. The summed E-state index contributed by atoms with van der Waals surface area (Å²) >= 11 is 0. The van der Waals surface area contributed by atoms with Crippen molar-refractivity contribution >= 4 is 21.6 Å². The first-order chi connectivity index (χ1) is 16.5. The van der Waals surface area contributed by atoms with Crippen molar-refractivity contribution in [1.82, 2.24) is 9.71 Å². The number of benzene rings is 1. The number of furan rings is 1. The van der Waals surface area contributed by atoms with Crippen LogP contribution in [0.5, 0.6) is 0 Å². The van der Waals surface area contributed by atoms with Gasteiger partial charge in [0.15, 0.2) is 9.92 Å². The lowest BCUT2D eigenvalue weighted by Gasteiger charge is -2.21. The summed E-state index contributed by atoms with van der Waals surface area (Å²) in [5.74, 6) is 0.673. The van der Waals surface area contributed by atoms with Crippen molar-refractivity contribution in [2.24, 2.45) is 5.92 Å². The van der Waals surface area contributed by atoms with Gasteiger partial charge in [0.25, 0.3) is 0 Å². The van der Waals surface area contributed by atoms with E-state index in [1.54, 1.807) is 12.1 Å². The van der Waals surface area contributed by atoms with Crippen molar-refractivity contribution in [3.8, 4) is 17.2 Å². The average Bonchev–Trinajstić information content (AvgIpc) is 3.51. The Morgan fingerprint density at radius 3 is 2.71 bits per heavy atom. The first-order valence-electron chi connectivity index (χ1n) is 11.2. The molecule has 4 N–H and O–H groups in total. The van der Waals surface area contributed by atoms with Crippen molar-refractivity contribution in [3.05, 3.63) is 65.7 Å². The molecule has 9 nitrogen and oxygen atoms in total. The maximum Gasteiger partial charge on any atom is 0.332 e. The molecule has 1 aliphatic carbocycles. The number of amides is 2. The van der Waals surface area contributed by atoms with Crippen LogP contribution in [0.25, 0.3) is 11.1 Å². The number of hydrogen-bond acceptors (Lipinski definition) is 7. The van der Waals surface area contributed by atoms with E-state index in [0.29, 0.717) is 28.3 Å². The maximum atomic E-state index is 13.0. The number of pyridine rings is 1. The van der Waals surface area contributed by atoms with Crippen LogP contribution < -0.4 is 10.0 Å². The molecule has 0 radical (unpaired) electrons. The molecule has 1 fully saturated rings. The van der Waals surface area contributed by atoms with Gasteiger partial charge in [-0.3, -0.25) is 0 Å². The third kappa shape index (κ3) is 5.37. The summed E-state index contributed by atoms with van der Waals surface area (Å²) in [6.45, 7) is 5.16. The number of aliphatic hydroxyl groups is 1. The molecule has 35 heavy (non-hydrogen) atoms. The fraction of sp³-hybridized carbons (Fsp3) is 0.320.